The Labute approximate surface area is 142 Å². The number of ether oxygens (including phenoxy) is 1. The van der Waals surface area contributed by atoms with E-state index in [2.05, 4.69) is 0 Å². The van der Waals surface area contributed by atoms with Gasteiger partial charge in [0.2, 0.25) is 10.0 Å². The summed E-state index contributed by atoms with van der Waals surface area (Å²) < 4.78 is 59.6. The maximum absolute atomic E-state index is 12.6. The van der Waals surface area contributed by atoms with Gasteiger partial charge in [-0.3, -0.25) is 0 Å². The van der Waals surface area contributed by atoms with E-state index in [1.54, 1.807) is 30.3 Å². The smallest absolute Gasteiger partial charge is 0.282 e. The summed E-state index contributed by atoms with van der Waals surface area (Å²) in [4.78, 5) is 0.231. The van der Waals surface area contributed by atoms with E-state index < -0.39 is 20.2 Å². The van der Waals surface area contributed by atoms with Gasteiger partial charge in [0.25, 0.3) is 10.2 Å². The van der Waals surface area contributed by atoms with E-state index in [0.29, 0.717) is 26.3 Å². The fourth-order valence-corrected chi connectivity index (χ4v) is 5.83. The van der Waals surface area contributed by atoms with Crippen molar-refractivity contribution in [1.82, 2.24) is 12.9 Å². The van der Waals surface area contributed by atoms with Crippen LogP contribution in [0.1, 0.15) is 0 Å². The molecule has 3 rings (SSSR count). The van der Waals surface area contributed by atoms with Crippen LogP contribution in [-0.2, 0) is 25.0 Å². The zero-order chi connectivity index (χ0) is 17.2. The standard InChI is InChI=1S/C14H21N3O5S2/c18-23(19,14-4-2-1-3-5-14)15-6-8-16(9-7-15)24(20,21)17-10-12-22-13-11-17/h1-5H,6-13H2. The van der Waals surface area contributed by atoms with Crippen LogP contribution in [0, 0.1) is 0 Å². The van der Waals surface area contributed by atoms with Crippen LogP contribution in [0.15, 0.2) is 35.2 Å². The summed E-state index contributed by atoms with van der Waals surface area (Å²) in [5.41, 5.74) is 0. The van der Waals surface area contributed by atoms with Gasteiger partial charge in [0.05, 0.1) is 18.1 Å². The van der Waals surface area contributed by atoms with E-state index in [0.717, 1.165) is 0 Å². The minimum Gasteiger partial charge on any atom is -0.379 e. The maximum Gasteiger partial charge on any atom is 0.282 e. The Hall–Kier alpha value is -1.04. The van der Waals surface area contributed by atoms with Gasteiger partial charge in [-0.05, 0) is 12.1 Å². The van der Waals surface area contributed by atoms with Crippen LogP contribution in [0.5, 0.6) is 0 Å². The Morgan fingerprint density at radius 3 is 1.79 bits per heavy atom. The molecule has 0 unspecified atom stereocenters. The van der Waals surface area contributed by atoms with Crippen molar-refractivity contribution < 1.29 is 21.6 Å². The molecule has 10 heteroatoms. The zero-order valence-corrected chi connectivity index (χ0v) is 14.9. The Bertz CT molecular complexity index is 753. The highest BCUT2D eigenvalue weighted by Gasteiger charge is 2.36. The van der Waals surface area contributed by atoms with Crippen LogP contribution in [0.4, 0.5) is 0 Å². The second-order valence-corrected chi connectivity index (χ2v) is 9.50. The van der Waals surface area contributed by atoms with Crippen LogP contribution in [-0.4, -0.2) is 82.2 Å². The first-order valence-electron chi connectivity index (χ1n) is 7.80. The number of piperazine rings is 1. The molecule has 0 N–H and O–H groups in total. The zero-order valence-electron chi connectivity index (χ0n) is 13.2. The van der Waals surface area contributed by atoms with E-state index in [9.17, 15) is 16.8 Å². The van der Waals surface area contributed by atoms with Gasteiger partial charge in [-0.15, -0.1) is 0 Å². The molecule has 2 aliphatic heterocycles. The molecule has 2 saturated heterocycles. The van der Waals surface area contributed by atoms with E-state index in [4.69, 9.17) is 4.74 Å². The first-order valence-corrected chi connectivity index (χ1v) is 10.6. The molecule has 2 fully saturated rings. The Morgan fingerprint density at radius 2 is 1.21 bits per heavy atom. The van der Waals surface area contributed by atoms with Gasteiger partial charge in [0.1, 0.15) is 0 Å². The van der Waals surface area contributed by atoms with E-state index in [-0.39, 0.29) is 31.1 Å². The Kier molecular flexibility index (Phi) is 5.23. The molecular weight excluding hydrogens is 354 g/mol. The van der Waals surface area contributed by atoms with Gasteiger partial charge >= 0.3 is 0 Å². The van der Waals surface area contributed by atoms with Gasteiger partial charge in [-0.2, -0.15) is 21.3 Å². The van der Waals surface area contributed by atoms with Gasteiger partial charge in [-0.1, -0.05) is 18.2 Å². The predicted molar refractivity (Wildman–Crippen MR) is 88.1 cm³/mol. The van der Waals surface area contributed by atoms with Crippen molar-refractivity contribution in [2.75, 3.05) is 52.5 Å². The van der Waals surface area contributed by atoms with Crippen molar-refractivity contribution >= 4 is 20.2 Å². The highest BCUT2D eigenvalue weighted by molar-refractivity contribution is 7.89. The van der Waals surface area contributed by atoms with Crippen molar-refractivity contribution in [1.29, 1.82) is 0 Å². The molecule has 8 nitrogen and oxygen atoms in total. The molecule has 0 saturated carbocycles. The molecular formula is C14H21N3O5S2. The fourth-order valence-electron chi connectivity index (χ4n) is 2.82. The molecule has 0 aliphatic carbocycles. The number of hydrogen-bond donors (Lipinski definition) is 0. The highest BCUT2D eigenvalue weighted by Crippen LogP contribution is 2.20. The molecule has 0 radical (unpaired) electrons. The fraction of sp³-hybridized carbons (Fsp3) is 0.571. The first-order chi connectivity index (χ1) is 11.4. The summed E-state index contributed by atoms with van der Waals surface area (Å²) in [5, 5.41) is 0. The largest absolute Gasteiger partial charge is 0.379 e. The Balaban J connectivity index is 1.67. The van der Waals surface area contributed by atoms with E-state index in [1.165, 1.54) is 12.9 Å². The van der Waals surface area contributed by atoms with Crippen LogP contribution in [0.3, 0.4) is 0 Å². The molecule has 0 atom stereocenters. The lowest BCUT2D eigenvalue weighted by Gasteiger charge is -2.37. The van der Waals surface area contributed by atoms with Crippen molar-refractivity contribution in [2.45, 2.75) is 4.90 Å². The third-order valence-corrected chi connectivity index (χ3v) is 8.15. The number of nitrogens with zero attached hydrogens (tertiary/aromatic N) is 3. The van der Waals surface area contributed by atoms with Crippen LogP contribution >= 0.6 is 0 Å². The molecule has 0 spiro atoms. The molecule has 2 heterocycles. The average molecular weight is 375 g/mol. The molecule has 1 aromatic carbocycles. The predicted octanol–water partition coefficient (Wildman–Crippen LogP) is -0.430. The summed E-state index contributed by atoms with van der Waals surface area (Å²) in [5.74, 6) is 0. The lowest BCUT2D eigenvalue weighted by molar-refractivity contribution is 0.0694. The number of morpholine rings is 1. The van der Waals surface area contributed by atoms with Crippen LogP contribution in [0.2, 0.25) is 0 Å². The lowest BCUT2D eigenvalue weighted by atomic mass is 10.4. The molecule has 1 aromatic rings. The van der Waals surface area contributed by atoms with Crippen LogP contribution in [0.25, 0.3) is 0 Å². The van der Waals surface area contributed by atoms with E-state index in [1.807, 2.05) is 0 Å². The van der Waals surface area contributed by atoms with E-state index >= 15 is 0 Å². The number of benzene rings is 1. The topological polar surface area (TPSA) is 87.2 Å². The van der Waals surface area contributed by atoms with Gasteiger partial charge in [0.15, 0.2) is 0 Å². The molecule has 0 aromatic heterocycles. The molecule has 0 amide bonds. The summed E-state index contributed by atoms with van der Waals surface area (Å²) in [6.07, 6.45) is 0. The normalized spacial score (nSPS) is 22.5. The van der Waals surface area contributed by atoms with Crippen LogP contribution < -0.4 is 0 Å². The first kappa shape index (κ1) is 17.8. The lowest BCUT2D eigenvalue weighted by Crippen LogP contribution is -2.55. The minimum atomic E-state index is -3.58. The highest BCUT2D eigenvalue weighted by atomic mass is 32.2. The summed E-state index contributed by atoms with van der Waals surface area (Å²) in [7, 11) is -7.13. The maximum atomic E-state index is 12.6. The average Bonchev–Trinajstić information content (AvgIpc) is 2.63. The third-order valence-electron chi connectivity index (χ3n) is 4.20. The monoisotopic (exact) mass is 375 g/mol. The van der Waals surface area contributed by atoms with Crippen molar-refractivity contribution in [3.05, 3.63) is 30.3 Å². The number of sulfonamides is 1. The second-order valence-electron chi connectivity index (χ2n) is 5.64. The Morgan fingerprint density at radius 1 is 0.708 bits per heavy atom. The van der Waals surface area contributed by atoms with Gasteiger partial charge in [0, 0.05) is 39.3 Å². The number of hydrogen-bond acceptors (Lipinski definition) is 5. The summed E-state index contributed by atoms with van der Waals surface area (Å²) in [6, 6.07) is 8.20. The minimum absolute atomic E-state index is 0.154. The van der Waals surface area contributed by atoms with Crippen molar-refractivity contribution in [3.63, 3.8) is 0 Å². The summed E-state index contributed by atoms with van der Waals surface area (Å²) >= 11 is 0. The second kappa shape index (κ2) is 7.06. The quantitative estimate of drug-likeness (QED) is 0.713. The molecule has 0 bridgehead atoms. The molecule has 24 heavy (non-hydrogen) atoms. The van der Waals surface area contributed by atoms with Crippen molar-refractivity contribution in [3.8, 4) is 0 Å². The SMILES string of the molecule is O=S(=O)(c1ccccc1)N1CCN(S(=O)(=O)N2CCOCC2)CC1. The van der Waals surface area contributed by atoms with Gasteiger partial charge in [-0.25, -0.2) is 8.42 Å². The van der Waals surface area contributed by atoms with Gasteiger partial charge < -0.3 is 4.74 Å². The van der Waals surface area contributed by atoms with Crippen molar-refractivity contribution in [2.24, 2.45) is 0 Å². The molecule has 2 aliphatic rings. The molecule has 134 valence electrons. The summed E-state index contributed by atoms with van der Waals surface area (Å²) in [6.45, 7) is 2.08. The third kappa shape index (κ3) is 3.48. The number of rotatable bonds is 4.